The molecule has 1 rings (SSSR count). The average molecular weight is 207 g/mol. The van der Waals surface area contributed by atoms with Crippen LogP contribution in [-0.2, 0) is 11.2 Å². The third-order valence-corrected chi connectivity index (χ3v) is 2.43. The maximum absolute atomic E-state index is 11.0. The van der Waals surface area contributed by atoms with Crippen molar-refractivity contribution in [2.24, 2.45) is 11.7 Å². The highest BCUT2D eigenvalue weighted by Crippen LogP contribution is 2.14. The van der Waals surface area contributed by atoms with Crippen molar-refractivity contribution in [2.75, 3.05) is 6.54 Å². The van der Waals surface area contributed by atoms with Gasteiger partial charge >= 0.3 is 5.97 Å². The predicted molar refractivity (Wildman–Crippen MR) is 59.6 cm³/mol. The SMILES string of the molecule is NCCC[C@H](Cc1ccccc1)C(=O)O. The normalized spacial score (nSPS) is 12.3. The molecule has 0 spiro atoms. The van der Waals surface area contributed by atoms with Crippen LogP contribution in [0.5, 0.6) is 0 Å². The minimum absolute atomic E-state index is 0.309. The van der Waals surface area contributed by atoms with Gasteiger partial charge in [-0.25, -0.2) is 0 Å². The Morgan fingerprint density at radius 3 is 2.53 bits per heavy atom. The van der Waals surface area contributed by atoms with Crippen molar-refractivity contribution in [3.8, 4) is 0 Å². The Kier molecular flexibility index (Phi) is 4.84. The largest absolute Gasteiger partial charge is 0.481 e. The zero-order valence-electron chi connectivity index (χ0n) is 8.73. The molecule has 0 unspecified atom stereocenters. The molecule has 0 fully saturated rings. The lowest BCUT2D eigenvalue weighted by Gasteiger charge is -2.11. The van der Waals surface area contributed by atoms with Gasteiger partial charge in [0.05, 0.1) is 5.92 Å². The zero-order valence-corrected chi connectivity index (χ0v) is 8.73. The fraction of sp³-hybridized carbons (Fsp3) is 0.417. The molecule has 0 aliphatic heterocycles. The number of nitrogens with two attached hydrogens (primary N) is 1. The molecule has 82 valence electrons. The summed E-state index contributed by atoms with van der Waals surface area (Å²) in [6.07, 6.45) is 2.01. The number of carboxylic acid groups (broad SMARTS) is 1. The van der Waals surface area contributed by atoms with E-state index >= 15 is 0 Å². The summed E-state index contributed by atoms with van der Waals surface area (Å²) in [6, 6.07) is 9.70. The minimum atomic E-state index is -0.729. The van der Waals surface area contributed by atoms with Gasteiger partial charge in [-0.3, -0.25) is 4.79 Å². The highest BCUT2D eigenvalue weighted by atomic mass is 16.4. The number of carbonyl (C=O) groups is 1. The first-order chi connectivity index (χ1) is 7.24. The van der Waals surface area contributed by atoms with Gasteiger partial charge in [0.2, 0.25) is 0 Å². The van der Waals surface area contributed by atoms with Crippen LogP contribution in [0.4, 0.5) is 0 Å². The summed E-state index contributed by atoms with van der Waals surface area (Å²) in [7, 11) is 0. The third kappa shape index (κ3) is 4.13. The summed E-state index contributed by atoms with van der Waals surface area (Å²) < 4.78 is 0. The maximum Gasteiger partial charge on any atom is 0.306 e. The molecule has 3 nitrogen and oxygen atoms in total. The molecule has 0 aliphatic carbocycles. The van der Waals surface area contributed by atoms with Gasteiger partial charge in [0.1, 0.15) is 0 Å². The van der Waals surface area contributed by atoms with Gasteiger partial charge in [-0.05, 0) is 31.4 Å². The van der Waals surface area contributed by atoms with E-state index in [1.807, 2.05) is 30.3 Å². The summed E-state index contributed by atoms with van der Waals surface area (Å²) in [5.41, 5.74) is 6.45. The Bertz CT molecular complexity index is 298. The first-order valence-electron chi connectivity index (χ1n) is 5.21. The topological polar surface area (TPSA) is 63.3 Å². The van der Waals surface area contributed by atoms with E-state index in [-0.39, 0.29) is 5.92 Å². The molecule has 3 N–H and O–H groups in total. The summed E-state index contributed by atoms with van der Waals surface area (Å²) in [4.78, 5) is 11.0. The second-order valence-corrected chi connectivity index (χ2v) is 3.66. The summed E-state index contributed by atoms with van der Waals surface area (Å²) >= 11 is 0. The quantitative estimate of drug-likeness (QED) is 0.745. The summed E-state index contributed by atoms with van der Waals surface area (Å²) in [5.74, 6) is -1.04. The van der Waals surface area contributed by atoms with Crippen LogP contribution >= 0.6 is 0 Å². The van der Waals surface area contributed by atoms with Crippen molar-refractivity contribution in [1.82, 2.24) is 0 Å². The Hall–Kier alpha value is -1.35. The summed E-state index contributed by atoms with van der Waals surface area (Å²) in [5, 5.41) is 9.02. The fourth-order valence-electron chi connectivity index (χ4n) is 1.58. The van der Waals surface area contributed by atoms with E-state index in [4.69, 9.17) is 10.8 Å². The van der Waals surface area contributed by atoms with E-state index < -0.39 is 5.97 Å². The molecule has 0 aliphatic rings. The monoisotopic (exact) mass is 207 g/mol. The maximum atomic E-state index is 11.0. The van der Waals surface area contributed by atoms with Gasteiger partial charge in [-0.2, -0.15) is 0 Å². The lowest BCUT2D eigenvalue weighted by Crippen LogP contribution is -2.17. The van der Waals surface area contributed by atoms with Crippen LogP contribution < -0.4 is 5.73 Å². The van der Waals surface area contributed by atoms with Crippen molar-refractivity contribution in [2.45, 2.75) is 19.3 Å². The predicted octanol–water partition coefficient (Wildman–Crippen LogP) is 1.67. The minimum Gasteiger partial charge on any atom is -0.481 e. The van der Waals surface area contributed by atoms with Gasteiger partial charge in [-0.15, -0.1) is 0 Å². The zero-order chi connectivity index (χ0) is 11.1. The van der Waals surface area contributed by atoms with E-state index in [2.05, 4.69) is 0 Å². The Labute approximate surface area is 89.9 Å². The number of aliphatic carboxylic acids is 1. The van der Waals surface area contributed by atoms with Crippen LogP contribution in [0.15, 0.2) is 30.3 Å². The second-order valence-electron chi connectivity index (χ2n) is 3.66. The van der Waals surface area contributed by atoms with E-state index in [1.54, 1.807) is 0 Å². The molecular formula is C12H17NO2. The third-order valence-electron chi connectivity index (χ3n) is 2.43. The van der Waals surface area contributed by atoms with Crippen LogP contribution in [-0.4, -0.2) is 17.6 Å². The highest BCUT2D eigenvalue weighted by Gasteiger charge is 2.16. The molecule has 0 saturated heterocycles. The molecule has 3 heteroatoms. The van der Waals surface area contributed by atoms with Gasteiger partial charge in [0.15, 0.2) is 0 Å². The van der Waals surface area contributed by atoms with Crippen LogP contribution in [0.3, 0.4) is 0 Å². The van der Waals surface area contributed by atoms with Crippen molar-refractivity contribution in [3.05, 3.63) is 35.9 Å². The molecule has 15 heavy (non-hydrogen) atoms. The van der Waals surface area contributed by atoms with Crippen molar-refractivity contribution in [3.63, 3.8) is 0 Å². The molecule has 0 bridgehead atoms. The smallest absolute Gasteiger partial charge is 0.306 e. The molecule has 1 atom stereocenters. The fourth-order valence-corrected chi connectivity index (χ4v) is 1.58. The standard InChI is InChI=1S/C12H17NO2/c13-8-4-7-11(12(14)15)9-10-5-2-1-3-6-10/h1-3,5-6,11H,4,7-9,13H2,(H,14,15)/t11-/m1/s1. The van der Waals surface area contributed by atoms with Gasteiger partial charge < -0.3 is 10.8 Å². The lowest BCUT2D eigenvalue weighted by molar-refractivity contribution is -0.141. The van der Waals surface area contributed by atoms with E-state index in [1.165, 1.54) is 0 Å². The van der Waals surface area contributed by atoms with Gasteiger partial charge in [-0.1, -0.05) is 30.3 Å². The van der Waals surface area contributed by atoms with Gasteiger partial charge in [0.25, 0.3) is 0 Å². The molecule has 1 aromatic carbocycles. The number of benzene rings is 1. The van der Waals surface area contributed by atoms with Gasteiger partial charge in [0, 0.05) is 0 Å². The molecule has 0 heterocycles. The Morgan fingerprint density at radius 1 is 1.33 bits per heavy atom. The molecule has 0 saturated carbocycles. The van der Waals surface area contributed by atoms with E-state index in [9.17, 15) is 4.79 Å². The van der Waals surface area contributed by atoms with E-state index in [0.29, 0.717) is 19.4 Å². The van der Waals surface area contributed by atoms with Crippen molar-refractivity contribution >= 4 is 5.97 Å². The number of carboxylic acids is 1. The van der Waals surface area contributed by atoms with Crippen LogP contribution in [0.2, 0.25) is 0 Å². The van der Waals surface area contributed by atoms with E-state index in [0.717, 1.165) is 12.0 Å². The second kappa shape index (κ2) is 6.19. The highest BCUT2D eigenvalue weighted by molar-refractivity contribution is 5.70. The number of hydrogen-bond acceptors (Lipinski definition) is 2. The molecule has 0 aromatic heterocycles. The molecule has 1 aromatic rings. The van der Waals surface area contributed by atoms with Crippen LogP contribution in [0.25, 0.3) is 0 Å². The Morgan fingerprint density at radius 2 is 2.00 bits per heavy atom. The van der Waals surface area contributed by atoms with Crippen molar-refractivity contribution < 1.29 is 9.90 Å². The molecular weight excluding hydrogens is 190 g/mol. The summed E-state index contributed by atoms with van der Waals surface area (Å²) in [6.45, 7) is 0.554. The average Bonchev–Trinajstić information content (AvgIpc) is 2.25. The Balaban J connectivity index is 2.55. The number of hydrogen-bond donors (Lipinski definition) is 2. The van der Waals surface area contributed by atoms with Crippen LogP contribution in [0, 0.1) is 5.92 Å². The van der Waals surface area contributed by atoms with Crippen LogP contribution in [0.1, 0.15) is 18.4 Å². The first kappa shape index (κ1) is 11.7. The molecule has 0 amide bonds. The number of rotatable bonds is 6. The molecule has 0 radical (unpaired) electrons. The van der Waals surface area contributed by atoms with Crippen molar-refractivity contribution in [1.29, 1.82) is 0 Å². The first-order valence-corrected chi connectivity index (χ1v) is 5.21. The lowest BCUT2D eigenvalue weighted by atomic mass is 9.95.